The molecule has 2 unspecified atom stereocenters. The Morgan fingerprint density at radius 3 is 3.03 bits per heavy atom. The Kier molecular flexibility index (Phi) is 4.11. The van der Waals surface area contributed by atoms with Crippen molar-refractivity contribution in [3.05, 3.63) is 65.9 Å². The van der Waals surface area contributed by atoms with E-state index in [1.165, 1.54) is 6.07 Å². The Morgan fingerprint density at radius 1 is 1.33 bits per heavy atom. The van der Waals surface area contributed by atoms with Gasteiger partial charge in [-0.3, -0.25) is 4.90 Å². The minimum Gasteiger partial charge on any atom is -0.441 e. The second kappa shape index (κ2) is 7.49. The summed E-state index contributed by atoms with van der Waals surface area (Å²) in [7, 11) is 0. The molecule has 2 fully saturated rings. The average Bonchev–Trinajstić information content (AvgIpc) is 3.25. The Bertz CT molecular complexity index is 1220. The quantitative estimate of drug-likeness (QED) is 0.645. The minimum absolute atomic E-state index is 0.0948. The number of imidazole rings is 1. The first-order valence-electron chi connectivity index (χ1n) is 11.4. The number of nitriles is 1. The van der Waals surface area contributed by atoms with Crippen molar-refractivity contribution in [3.8, 4) is 6.07 Å². The summed E-state index contributed by atoms with van der Waals surface area (Å²) in [5.41, 5.74) is 2.07. The van der Waals surface area contributed by atoms with Crippen molar-refractivity contribution in [2.24, 2.45) is 5.92 Å². The van der Waals surface area contributed by atoms with Gasteiger partial charge in [-0.2, -0.15) is 5.26 Å². The maximum Gasteiger partial charge on any atom is 0.410 e. The second-order valence-corrected chi connectivity index (χ2v) is 8.41. The fourth-order valence-electron chi connectivity index (χ4n) is 4.85. The lowest BCUT2D eigenvalue weighted by atomic mass is 9.78. The van der Waals surface area contributed by atoms with Crippen molar-refractivity contribution in [2.75, 3.05) is 6.54 Å². The summed E-state index contributed by atoms with van der Waals surface area (Å²) in [6.45, 7) is 1.67. The highest BCUT2D eigenvalue weighted by Gasteiger charge is 2.47. The Labute approximate surface area is 178 Å². The van der Waals surface area contributed by atoms with Crippen LogP contribution in [-0.2, 0) is 17.8 Å². The van der Waals surface area contributed by atoms with Crippen LogP contribution in [0.5, 0.6) is 0 Å². The summed E-state index contributed by atoms with van der Waals surface area (Å²) in [6.07, 6.45) is 3.33. The van der Waals surface area contributed by atoms with Gasteiger partial charge in [-0.15, -0.1) is 0 Å². The van der Waals surface area contributed by atoms with E-state index in [0.29, 0.717) is 36.2 Å². The third-order valence-corrected chi connectivity index (χ3v) is 6.21. The molecule has 0 radical (unpaired) electrons. The topological polar surface area (TPSA) is 71.2 Å². The molecule has 1 amide bonds. The zero-order valence-electron chi connectivity index (χ0n) is 18.7. The minimum atomic E-state index is -0.494. The van der Waals surface area contributed by atoms with Crippen molar-refractivity contribution in [1.29, 1.82) is 5.26 Å². The van der Waals surface area contributed by atoms with Crippen LogP contribution in [0.3, 0.4) is 0 Å². The molecular formula is C24H24N4O2. The molecule has 2 aliphatic rings. The van der Waals surface area contributed by atoms with Gasteiger partial charge in [-0.25, -0.2) is 9.78 Å². The van der Waals surface area contributed by atoms with Gasteiger partial charge in [0.25, 0.3) is 0 Å². The van der Waals surface area contributed by atoms with E-state index in [9.17, 15) is 10.1 Å². The highest BCUT2D eigenvalue weighted by Crippen LogP contribution is 2.41. The molecule has 2 heterocycles. The predicted molar refractivity (Wildman–Crippen MR) is 112 cm³/mol. The molecule has 1 saturated carbocycles. The molecule has 6 nitrogen and oxygen atoms in total. The first-order chi connectivity index (χ1) is 15.5. The Hall–Kier alpha value is -3.33. The average molecular weight is 402 g/mol. The number of hydrogen-bond donors (Lipinski definition) is 0. The zero-order valence-corrected chi connectivity index (χ0v) is 16.7. The summed E-state index contributed by atoms with van der Waals surface area (Å²) in [6, 6.07) is 15.3. The van der Waals surface area contributed by atoms with Crippen LogP contribution in [0.1, 0.15) is 39.6 Å². The Balaban J connectivity index is 1.35. The molecule has 1 aliphatic carbocycles. The number of nitrogens with zero attached hydrogens (tertiary/aromatic N) is 4. The van der Waals surface area contributed by atoms with Gasteiger partial charge in [0.05, 0.1) is 36.9 Å². The molecular weight excluding hydrogens is 376 g/mol. The van der Waals surface area contributed by atoms with Crippen LogP contribution in [0.2, 0.25) is 0 Å². The number of ether oxygens (including phenoxy) is 1. The lowest BCUT2D eigenvalue weighted by Crippen LogP contribution is -2.40. The van der Waals surface area contributed by atoms with E-state index in [2.05, 4.69) is 11.1 Å². The van der Waals surface area contributed by atoms with E-state index in [4.69, 9.17) is 7.48 Å². The number of amides is 1. The smallest absolute Gasteiger partial charge is 0.410 e. The number of hydrogen-bond acceptors (Lipinski definition) is 4. The maximum atomic E-state index is 12.6. The van der Waals surface area contributed by atoms with Crippen molar-refractivity contribution < 1.29 is 12.3 Å². The number of carbonyl (C=O) groups is 1. The highest BCUT2D eigenvalue weighted by atomic mass is 16.6. The third-order valence-electron chi connectivity index (χ3n) is 6.21. The van der Waals surface area contributed by atoms with E-state index < -0.39 is 5.60 Å². The molecule has 30 heavy (non-hydrogen) atoms. The van der Waals surface area contributed by atoms with Crippen molar-refractivity contribution >= 4 is 17.1 Å². The highest BCUT2D eigenvalue weighted by molar-refractivity contribution is 5.77. The Morgan fingerprint density at radius 2 is 2.20 bits per heavy atom. The largest absolute Gasteiger partial charge is 0.441 e. The fraction of sp³-hybridized carbons (Fsp3) is 0.375. The molecule has 1 spiro atoms. The monoisotopic (exact) mass is 402 g/mol. The van der Waals surface area contributed by atoms with Gasteiger partial charge in [0, 0.05) is 13.1 Å². The molecule has 1 saturated heterocycles. The molecule has 0 bridgehead atoms. The molecule has 1 aromatic heterocycles. The van der Waals surface area contributed by atoms with E-state index in [-0.39, 0.29) is 24.4 Å². The molecule has 3 aromatic rings. The lowest BCUT2D eigenvalue weighted by Gasteiger charge is -2.36. The summed E-state index contributed by atoms with van der Waals surface area (Å²) >= 11 is 0. The van der Waals surface area contributed by atoms with Gasteiger partial charge in [-0.1, -0.05) is 30.3 Å². The normalized spacial score (nSPS) is 24.6. The number of rotatable bonds is 4. The van der Waals surface area contributed by atoms with Crippen LogP contribution in [0, 0.1) is 17.2 Å². The van der Waals surface area contributed by atoms with Crippen molar-refractivity contribution in [1.82, 2.24) is 14.5 Å². The summed E-state index contributed by atoms with van der Waals surface area (Å²) in [4.78, 5) is 18.7. The first-order valence-corrected chi connectivity index (χ1v) is 10.4. The molecule has 2 aromatic carbocycles. The SMILES string of the molecule is [2H]c1cc(C#N)cc2c1nc([2H])n2CC1CCCC2(C1)CN(Cc1ccccc1)C(=O)O2. The summed E-state index contributed by atoms with van der Waals surface area (Å²) < 4.78 is 24.2. The number of aromatic nitrogens is 2. The van der Waals surface area contributed by atoms with Crippen LogP contribution >= 0.6 is 0 Å². The summed E-state index contributed by atoms with van der Waals surface area (Å²) in [5.74, 6) is 0.217. The van der Waals surface area contributed by atoms with Gasteiger partial charge in [0.2, 0.25) is 0 Å². The van der Waals surface area contributed by atoms with Crippen LogP contribution in [0.25, 0.3) is 11.0 Å². The van der Waals surface area contributed by atoms with Crippen LogP contribution < -0.4 is 0 Å². The predicted octanol–water partition coefficient (Wildman–Crippen LogP) is 4.49. The van der Waals surface area contributed by atoms with Crippen LogP contribution in [0.4, 0.5) is 4.79 Å². The zero-order chi connectivity index (χ0) is 22.3. The fourth-order valence-corrected chi connectivity index (χ4v) is 4.85. The van der Waals surface area contributed by atoms with Crippen LogP contribution in [-0.4, -0.2) is 32.7 Å². The number of fused-ring (bicyclic) bond motifs is 1. The molecule has 5 rings (SSSR count). The number of carbonyl (C=O) groups excluding carboxylic acids is 1. The standard InChI is InChI=1S/C24H24N4O2/c25-13-19-8-9-21-22(11-19)28(17-26-21)15-20-7-4-10-24(12-20)16-27(23(29)30-24)14-18-5-2-1-3-6-18/h1-3,5-6,8-9,11,17,20H,4,7,10,12,14-16H2/i9D,17D. The van der Waals surface area contributed by atoms with E-state index in [1.54, 1.807) is 15.5 Å². The van der Waals surface area contributed by atoms with Gasteiger partial charge >= 0.3 is 6.09 Å². The van der Waals surface area contributed by atoms with E-state index >= 15 is 0 Å². The van der Waals surface area contributed by atoms with Gasteiger partial charge < -0.3 is 9.30 Å². The molecule has 1 aliphatic heterocycles. The van der Waals surface area contributed by atoms with E-state index in [1.807, 2.05) is 30.3 Å². The van der Waals surface area contributed by atoms with Gasteiger partial charge in [0.15, 0.2) is 0 Å². The first kappa shape index (κ1) is 16.5. The van der Waals surface area contributed by atoms with Crippen molar-refractivity contribution in [2.45, 2.75) is 44.4 Å². The van der Waals surface area contributed by atoms with Gasteiger partial charge in [-0.05, 0) is 55.3 Å². The number of benzene rings is 2. The lowest BCUT2D eigenvalue weighted by molar-refractivity contribution is 0.00415. The van der Waals surface area contributed by atoms with Crippen LogP contribution in [0.15, 0.2) is 54.8 Å². The molecule has 0 N–H and O–H groups in total. The van der Waals surface area contributed by atoms with E-state index in [0.717, 1.165) is 31.2 Å². The molecule has 6 heteroatoms. The molecule has 152 valence electrons. The second-order valence-electron chi connectivity index (χ2n) is 8.41. The maximum absolute atomic E-state index is 12.6. The van der Waals surface area contributed by atoms with Crippen molar-refractivity contribution in [3.63, 3.8) is 0 Å². The van der Waals surface area contributed by atoms with Gasteiger partial charge in [0.1, 0.15) is 6.97 Å². The third kappa shape index (κ3) is 3.52. The molecule has 2 atom stereocenters. The summed E-state index contributed by atoms with van der Waals surface area (Å²) in [5, 5.41) is 9.27.